The Morgan fingerprint density at radius 3 is 2.32 bits per heavy atom. The number of halogens is 1. The van der Waals surface area contributed by atoms with Crippen molar-refractivity contribution in [1.29, 1.82) is 0 Å². The Morgan fingerprint density at radius 2 is 1.61 bits per heavy atom. The Bertz CT molecular complexity index is 854. The molecule has 4 nitrogen and oxygen atoms in total. The van der Waals surface area contributed by atoms with E-state index in [1.807, 2.05) is 30.3 Å². The van der Waals surface area contributed by atoms with Gasteiger partial charge < -0.3 is 10.2 Å². The highest BCUT2D eigenvalue weighted by Gasteiger charge is 2.14. The number of rotatable bonds is 8. The Labute approximate surface area is 165 Å². The smallest absolute Gasteiger partial charge is 0.317 e. The molecule has 5 heteroatoms. The number of benzene rings is 2. The fraction of sp³-hybridized carbons (Fsp3) is 0.217. The zero-order valence-corrected chi connectivity index (χ0v) is 15.7. The van der Waals surface area contributed by atoms with Crippen LogP contribution in [0.5, 0.6) is 0 Å². The minimum Gasteiger partial charge on any atom is -0.338 e. The largest absolute Gasteiger partial charge is 0.338 e. The summed E-state index contributed by atoms with van der Waals surface area (Å²) < 4.78 is 13.0. The molecule has 0 radical (unpaired) electrons. The molecular formula is C23H24FN3O. The average Bonchev–Trinajstić information content (AvgIpc) is 2.74. The minimum absolute atomic E-state index is 0.109. The van der Waals surface area contributed by atoms with Crippen LogP contribution in [0.25, 0.3) is 0 Å². The molecule has 2 aromatic carbocycles. The number of amides is 2. The number of aromatic nitrogens is 1. The number of nitrogens with zero attached hydrogens (tertiary/aromatic N) is 2. The van der Waals surface area contributed by atoms with Gasteiger partial charge in [-0.2, -0.15) is 0 Å². The van der Waals surface area contributed by atoms with E-state index >= 15 is 0 Å². The molecule has 1 N–H and O–H groups in total. The first kappa shape index (κ1) is 19.5. The molecular weight excluding hydrogens is 353 g/mol. The highest BCUT2D eigenvalue weighted by atomic mass is 19.1. The lowest BCUT2D eigenvalue weighted by molar-refractivity contribution is 0.196. The third kappa shape index (κ3) is 6.20. The molecule has 28 heavy (non-hydrogen) atoms. The van der Waals surface area contributed by atoms with E-state index in [9.17, 15) is 9.18 Å². The van der Waals surface area contributed by atoms with Gasteiger partial charge in [0.05, 0.1) is 0 Å². The summed E-state index contributed by atoms with van der Waals surface area (Å²) >= 11 is 0. The van der Waals surface area contributed by atoms with Gasteiger partial charge in [0.15, 0.2) is 0 Å². The van der Waals surface area contributed by atoms with Crippen molar-refractivity contribution >= 4 is 6.03 Å². The van der Waals surface area contributed by atoms with E-state index in [1.165, 1.54) is 17.7 Å². The van der Waals surface area contributed by atoms with Gasteiger partial charge in [0.1, 0.15) is 5.82 Å². The summed E-state index contributed by atoms with van der Waals surface area (Å²) in [5.41, 5.74) is 3.17. The van der Waals surface area contributed by atoms with Gasteiger partial charge >= 0.3 is 6.03 Å². The first-order valence-electron chi connectivity index (χ1n) is 9.41. The monoisotopic (exact) mass is 377 g/mol. The number of carbonyl (C=O) groups excluding carboxylic acids is 1. The molecule has 0 saturated carbocycles. The molecule has 2 amide bonds. The number of nitrogens with one attached hydrogen (secondary N) is 1. The van der Waals surface area contributed by atoms with Crippen molar-refractivity contribution in [2.45, 2.75) is 19.4 Å². The molecule has 0 bridgehead atoms. The molecule has 3 aromatic rings. The van der Waals surface area contributed by atoms with E-state index in [1.54, 1.807) is 29.4 Å². The van der Waals surface area contributed by atoms with Crippen molar-refractivity contribution < 1.29 is 9.18 Å². The Kier molecular flexibility index (Phi) is 7.13. The highest BCUT2D eigenvalue weighted by molar-refractivity contribution is 5.74. The van der Waals surface area contributed by atoms with Crippen LogP contribution >= 0.6 is 0 Å². The van der Waals surface area contributed by atoms with Crippen molar-refractivity contribution in [3.63, 3.8) is 0 Å². The summed E-state index contributed by atoms with van der Waals surface area (Å²) in [7, 11) is 0. The van der Waals surface area contributed by atoms with E-state index in [0.29, 0.717) is 26.1 Å². The number of hydrogen-bond acceptors (Lipinski definition) is 2. The van der Waals surface area contributed by atoms with Crippen LogP contribution in [0, 0.1) is 5.82 Å². The van der Waals surface area contributed by atoms with Crippen LogP contribution in [-0.2, 0) is 19.4 Å². The van der Waals surface area contributed by atoms with Gasteiger partial charge in [0, 0.05) is 32.0 Å². The van der Waals surface area contributed by atoms with Gasteiger partial charge in [-0.05, 0) is 47.7 Å². The molecule has 0 aliphatic carbocycles. The third-order valence-electron chi connectivity index (χ3n) is 4.50. The summed E-state index contributed by atoms with van der Waals surface area (Å²) in [6.45, 7) is 1.61. The number of urea groups is 1. The molecule has 0 spiro atoms. The molecule has 1 aromatic heterocycles. The SMILES string of the molecule is O=C(NCCc1ccc(F)cc1)N(CCc1ccccc1)Cc1cccnc1. The quantitative estimate of drug-likeness (QED) is 0.639. The van der Waals surface area contributed by atoms with E-state index in [0.717, 1.165) is 17.5 Å². The molecule has 1 heterocycles. The maximum Gasteiger partial charge on any atom is 0.317 e. The van der Waals surface area contributed by atoms with Gasteiger partial charge in [-0.25, -0.2) is 9.18 Å². The van der Waals surface area contributed by atoms with Crippen LogP contribution in [0.4, 0.5) is 9.18 Å². The predicted octanol–water partition coefficient (Wildman–Crippen LogP) is 4.22. The Balaban J connectivity index is 1.57. The van der Waals surface area contributed by atoms with Gasteiger partial charge in [0.25, 0.3) is 0 Å². The Morgan fingerprint density at radius 1 is 0.893 bits per heavy atom. The average molecular weight is 377 g/mol. The summed E-state index contributed by atoms with van der Waals surface area (Å²) in [5, 5.41) is 2.98. The zero-order valence-electron chi connectivity index (χ0n) is 15.7. The molecule has 0 fully saturated rings. The van der Waals surface area contributed by atoms with E-state index in [-0.39, 0.29) is 11.8 Å². The molecule has 0 saturated heterocycles. The van der Waals surface area contributed by atoms with Crippen molar-refractivity contribution in [2.75, 3.05) is 13.1 Å². The molecule has 0 aliphatic heterocycles. The van der Waals surface area contributed by atoms with Crippen molar-refractivity contribution in [1.82, 2.24) is 15.2 Å². The number of pyridine rings is 1. The van der Waals surface area contributed by atoms with Crippen molar-refractivity contribution in [3.8, 4) is 0 Å². The topological polar surface area (TPSA) is 45.2 Å². The van der Waals surface area contributed by atoms with Crippen LogP contribution in [0.2, 0.25) is 0 Å². The first-order valence-corrected chi connectivity index (χ1v) is 9.41. The normalized spacial score (nSPS) is 10.5. The lowest BCUT2D eigenvalue weighted by Gasteiger charge is -2.23. The standard InChI is InChI=1S/C23H24FN3O/c24-22-10-8-20(9-11-22)12-15-26-23(28)27(18-21-7-4-14-25-17-21)16-13-19-5-2-1-3-6-19/h1-11,14,17H,12-13,15-16,18H2,(H,26,28). The fourth-order valence-corrected chi connectivity index (χ4v) is 2.95. The maximum atomic E-state index is 13.0. The van der Waals surface area contributed by atoms with Crippen LogP contribution in [0.3, 0.4) is 0 Å². The third-order valence-corrected chi connectivity index (χ3v) is 4.50. The first-order chi connectivity index (χ1) is 13.7. The summed E-state index contributed by atoms with van der Waals surface area (Å²) in [6.07, 6.45) is 4.94. The maximum absolute atomic E-state index is 13.0. The lowest BCUT2D eigenvalue weighted by Crippen LogP contribution is -2.41. The van der Waals surface area contributed by atoms with E-state index in [4.69, 9.17) is 0 Å². The van der Waals surface area contributed by atoms with Gasteiger partial charge in [-0.3, -0.25) is 4.98 Å². The van der Waals surface area contributed by atoms with Crippen molar-refractivity contribution in [2.24, 2.45) is 0 Å². The molecule has 0 atom stereocenters. The fourth-order valence-electron chi connectivity index (χ4n) is 2.95. The van der Waals surface area contributed by atoms with Crippen LogP contribution < -0.4 is 5.32 Å². The Hall–Kier alpha value is -3.21. The van der Waals surface area contributed by atoms with Crippen LogP contribution in [-0.4, -0.2) is 29.0 Å². The number of hydrogen-bond donors (Lipinski definition) is 1. The number of carbonyl (C=O) groups is 1. The summed E-state index contributed by atoms with van der Waals surface area (Å²) in [5.74, 6) is -0.253. The molecule has 3 rings (SSSR count). The summed E-state index contributed by atoms with van der Waals surface area (Å²) in [6, 6.07) is 20.2. The molecule has 0 aliphatic rings. The van der Waals surface area contributed by atoms with Gasteiger partial charge in [-0.1, -0.05) is 48.5 Å². The van der Waals surface area contributed by atoms with Crippen LogP contribution in [0.15, 0.2) is 79.1 Å². The summed E-state index contributed by atoms with van der Waals surface area (Å²) in [4.78, 5) is 18.7. The second-order valence-electron chi connectivity index (χ2n) is 6.63. The van der Waals surface area contributed by atoms with Crippen molar-refractivity contribution in [3.05, 3.63) is 102 Å². The van der Waals surface area contributed by atoms with Gasteiger partial charge in [-0.15, -0.1) is 0 Å². The van der Waals surface area contributed by atoms with Gasteiger partial charge in [0.2, 0.25) is 0 Å². The lowest BCUT2D eigenvalue weighted by atomic mass is 10.1. The minimum atomic E-state index is -0.253. The second kappa shape index (κ2) is 10.2. The van der Waals surface area contributed by atoms with E-state index in [2.05, 4.69) is 22.4 Å². The van der Waals surface area contributed by atoms with E-state index < -0.39 is 0 Å². The molecule has 0 unspecified atom stereocenters. The highest BCUT2D eigenvalue weighted by Crippen LogP contribution is 2.08. The second-order valence-corrected chi connectivity index (χ2v) is 6.63. The molecule has 144 valence electrons. The van der Waals surface area contributed by atoms with Crippen LogP contribution in [0.1, 0.15) is 16.7 Å². The zero-order chi connectivity index (χ0) is 19.6. The predicted molar refractivity (Wildman–Crippen MR) is 108 cm³/mol.